The summed E-state index contributed by atoms with van der Waals surface area (Å²) in [5.74, 6) is 1.21. The van der Waals surface area contributed by atoms with Gasteiger partial charge in [0, 0.05) is 6.54 Å². The van der Waals surface area contributed by atoms with Crippen LogP contribution < -0.4 is 11.1 Å². The van der Waals surface area contributed by atoms with Gasteiger partial charge >= 0.3 is 0 Å². The molecule has 0 fully saturated rings. The van der Waals surface area contributed by atoms with E-state index < -0.39 is 0 Å². The molecule has 1 aromatic carbocycles. The summed E-state index contributed by atoms with van der Waals surface area (Å²) in [6.45, 7) is 11.5. The van der Waals surface area contributed by atoms with Gasteiger partial charge in [0.1, 0.15) is 0 Å². The first-order chi connectivity index (χ1) is 8.04. The zero-order valence-corrected chi connectivity index (χ0v) is 11.6. The molecule has 0 aliphatic carbocycles. The van der Waals surface area contributed by atoms with Crippen molar-refractivity contribution in [2.24, 2.45) is 17.6 Å². The summed E-state index contributed by atoms with van der Waals surface area (Å²) in [7, 11) is 0. The van der Waals surface area contributed by atoms with E-state index in [-0.39, 0.29) is 0 Å². The molecule has 0 heterocycles. The molecule has 0 radical (unpaired) electrons. The molecule has 0 aliphatic heterocycles. The van der Waals surface area contributed by atoms with E-state index >= 15 is 0 Å². The van der Waals surface area contributed by atoms with Gasteiger partial charge < -0.3 is 11.1 Å². The first-order valence-electron chi connectivity index (χ1n) is 6.51. The summed E-state index contributed by atoms with van der Waals surface area (Å²) in [4.78, 5) is 0. The molecule has 0 saturated carbocycles. The van der Waals surface area contributed by atoms with Crippen LogP contribution in [0.15, 0.2) is 18.2 Å². The van der Waals surface area contributed by atoms with Gasteiger partial charge in [-0.05, 0) is 49.9 Å². The standard InChI is InChI=1S/C15H26N2/c1-11(2)15(8-16)10-17-9-14-7-12(3)5-6-13(14)4/h5-7,11,15,17H,8-10,16H2,1-4H3. The van der Waals surface area contributed by atoms with Crippen molar-refractivity contribution >= 4 is 0 Å². The minimum atomic E-state index is 0.570. The number of benzene rings is 1. The van der Waals surface area contributed by atoms with E-state index in [1.165, 1.54) is 16.7 Å². The fourth-order valence-corrected chi connectivity index (χ4v) is 1.97. The van der Waals surface area contributed by atoms with Crippen molar-refractivity contribution in [3.8, 4) is 0 Å². The fourth-order valence-electron chi connectivity index (χ4n) is 1.97. The lowest BCUT2D eigenvalue weighted by atomic mass is 9.96. The molecule has 0 aliphatic rings. The average Bonchev–Trinajstić information content (AvgIpc) is 2.28. The molecule has 1 unspecified atom stereocenters. The summed E-state index contributed by atoms with van der Waals surface area (Å²) < 4.78 is 0. The van der Waals surface area contributed by atoms with Gasteiger partial charge in [0.25, 0.3) is 0 Å². The number of hydrogen-bond acceptors (Lipinski definition) is 2. The van der Waals surface area contributed by atoms with E-state index in [0.29, 0.717) is 11.8 Å². The van der Waals surface area contributed by atoms with Gasteiger partial charge in [-0.2, -0.15) is 0 Å². The van der Waals surface area contributed by atoms with E-state index in [4.69, 9.17) is 5.73 Å². The van der Waals surface area contributed by atoms with Crippen LogP contribution in [0.2, 0.25) is 0 Å². The topological polar surface area (TPSA) is 38.0 Å². The molecule has 96 valence electrons. The number of hydrogen-bond donors (Lipinski definition) is 2. The summed E-state index contributed by atoms with van der Waals surface area (Å²) in [5.41, 5.74) is 9.84. The first-order valence-corrected chi connectivity index (χ1v) is 6.51. The van der Waals surface area contributed by atoms with Crippen LogP contribution in [-0.2, 0) is 6.54 Å². The van der Waals surface area contributed by atoms with E-state index in [2.05, 4.69) is 51.2 Å². The quantitative estimate of drug-likeness (QED) is 0.794. The predicted molar refractivity (Wildman–Crippen MR) is 75.0 cm³/mol. The smallest absolute Gasteiger partial charge is 0.0208 e. The van der Waals surface area contributed by atoms with E-state index in [9.17, 15) is 0 Å². The monoisotopic (exact) mass is 234 g/mol. The molecule has 0 spiro atoms. The first kappa shape index (κ1) is 14.2. The Hall–Kier alpha value is -0.860. The molecule has 0 amide bonds. The van der Waals surface area contributed by atoms with Crippen molar-refractivity contribution in [3.05, 3.63) is 34.9 Å². The van der Waals surface area contributed by atoms with Gasteiger partial charge in [-0.1, -0.05) is 37.6 Å². The molecular formula is C15H26N2. The maximum atomic E-state index is 5.77. The molecule has 0 aromatic heterocycles. The molecule has 2 heteroatoms. The van der Waals surface area contributed by atoms with Crippen LogP contribution in [0.1, 0.15) is 30.5 Å². The van der Waals surface area contributed by atoms with Crippen molar-refractivity contribution in [3.63, 3.8) is 0 Å². The van der Waals surface area contributed by atoms with Crippen LogP contribution in [0.5, 0.6) is 0 Å². The minimum Gasteiger partial charge on any atom is -0.330 e. The van der Waals surface area contributed by atoms with Gasteiger partial charge in [0.15, 0.2) is 0 Å². The SMILES string of the molecule is Cc1ccc(C)c(CNCC(CN)C(C)C)c1. The third kappa shape index (κ3) is 4.49. The van der Waals surface area contributed by atoms with Crippen LogP contribution in [0.4, 0.5) is 0 Å². The molecule has 0 bridgehead atoms. The second-order valence-electron chi connectivity index (χ2n) is 5.30. The Labute approximate surface area is 106 Å². The van der Waals surface area contributed by atoms with Crippen molar-refractivity contribution in [2.75, 3.05) is 13.1 Å². The van der Waals surface area contributed by atoms with Gasteiger partial charge in [-0.3, -0.25) is 0 Å². The van der Waals surface area contributed by atoms with Crippen molar-refractivity contribution in [1.82, 2.24) is 5.32 Å². The lowest BCUT2D eigenvalue weighted by molar-refractivity contribution is 0.370. The van der Waals surface area contributed by atoms with Crippen LogP contribution in [0, 0.1) is 25.7 Å². The molecule has 17 heavy (non-hydrogen) atoms. The summed E-state index contributed by atoms with van der Waals surface area (Å²) in [5, 5.41) is 3.52. The lowest BCUT2D eigenvalue weighted by Gasteiger charge is -2.19. The van der Waals surface area contributed by atoms with E-state index in [1.54, 1.807) is 0 Å². The lowest BCUT2D eigenvalue weighted by Crippen LogP contribution is -2.31. The molecule has 1 aromatic rings. The zero-order chi connectivity index (χ0) is 12.8. The average molecular weight is 234 g/mol. The predicted octanol–water partition coefficient (Wildman–Crippen LogP) is 2.62. The Morgan fingerprint density at radius 3 is 2.53 bits per heavy atom. The molecule has 2 nitrogen and oxygen atoms in total. The molecule has 1 atom stereocenters. The van der Waals surface area contributed by atoms with Crippen molar-refractivity contribution in [1.29, 1.82) is 0 Å². The third-order valence-electron chi connectivity index (χ3n) is 3.47. The highest BCUT2D eigenvalue weighted by Crippen LogP contribution is 2.11. The summed E-state index contributed by atoms with van der Waals surface area (Å²) in [6.07, 6.45) is 0. The number of nitrogens with two attached hydrogens (primary N) is 1. The van der Waals surface area contributed by atoms with Crippen LogP contribution in [-0.4, -0.2) is 13.1 Å². The van der Waals surface area contributed by atoms with E-state index in [0.717, 1.165) is 19.6 Å². The Balaban J connectivity index is 2.47. The summed E-state index contributed by atoms with van der Waals surface area (Å²) in [6, 6.07) is 6.61. The van der Waals surface area contributed by atoms with Crippen LogP contribution in [0.3, 0.4) is 0 Å². The number of rotatable bonds is 6. The normalized spacial score (nSPS) is 13.1. The van der Waals surface area contributed by atoms with Gasteiger partial charge in [-0.25, -0.2) is 0 Å². The minimum absolute atomic E-state index is 0.570. The Kier molecular flexibility index (Phi) is 5.66. The second kappa shape index (κ2) is 6.77. The van der Waals surface area contributed by atoms with Gasteiger partial charge in [-0.15, -0.1) is 0 Å². The number of aryl methyl sites for hydroxylation is 2. The summed E-state index contributed by atoms with van der Waals surface area (Å²) >= 11 is 0. The van der Waals surface area contributed by atoms with Crippen LogP contribution >= 0.6 is 0 Å². The molecule has 3 N–H and O–H groups in total. The van der Waals surface area contributed by atoms with Crippen molar-refractivity contribution in [2.45, 2.75) is 34.2 Å². The van der Waals surface area contributed by atoms with Gasteiger partial charge in [0.2, 0.25) is 0 Å². The highest BCUT2D eigenvalue weighted by atomic mass is 14.9. The highest BCUT2D eigenvalue weighted by molar-refractivity contribution is 5.30. The van der Waals surface area contributed by atoms with Crippen LogP contribution in [0.25, 0.3) is 0 Å². The maximum Gasteiger partial charge on any atom is 0.0208 e. The molecule has 1 rings (SSSR count). The fraction of sp³-hybridized carbons (Fsp3) is 0.600. The largest absolute Gasteiger partial charge is 0.330 e. The van der Waals surface area contributed by atoms with E-state index in [1.807, 2.05) is 0 Å². The Bertz CT molecular complexity index is 345. The Morgan fingerprint density at radius 2 is 1.94 bits per heavy atom. The zero-order valence-electron chi connectivity index (χ0n) is 11.6. The molecular weight excluding hydrogens is 208 g/mol. The second-order valence-corrected chi connectivity index (χ2v) is 5.30. The Morgan fingerprint density at radius 1 is 1.24 bits per heavy atom. The molecule has 0 saturated heterocycles. The maximum absolute atomic E-state index is 5.77. The third-order valence-corrected chi connectivity index (χ3v) is 3.47. The number of nitrogens with one attached hydrogen (secondary N) is 1. The highest BCUT2D eigenvalue weighted by Gasteiger charge is 2.10. The van der Waals surface area contributed by atoms with Crippen molar-refractivity contribution < 1.29 is 0 Å². The van der Waals surface area contributed by atoms with Gasteiger partial charge in [0.05, 0.1) is 0 Å².